The Morgan fingerprint density at radius 3 is 2.75 bits per heavy atom. The summed E-state index contributed by atoms with van der Waals surface area (Å²) in [5.41, 5.74) is 10.1. The predicted octanol–water partition coefficient (Wildman–Crippen LogP) is 3.49. The maximum Gasteiger partial charge on any atom is 0.126 e. The molecule has 0 aliphatic carbocycles. The van der Waals surface area contributed by atoms with E-state index in [1.54, 1.807) is 13.3 Å². The first kappa shape index (κ1) is 12.8. The first-order valence-corrected chi connectivity index (χ1v) is 6.56. The van der Waals surface area contributed by atoms with E-state index in [1.165, 1.54) is 6.07 Å². The van der Waals surface area contributed by atoms with Gasteiger partial charge in [-0.25, -0.2) is 9.37 Å². The average Bonchev–Trinajstić information content (AvgIpc) is 2.85. The highest BCUT2D eigenvalue weighted by molar-refractivity contribution is 5.77. The van der Waals surface area contributed by atoms with Gasteiger partial charge in [0.25, 0.3) is 0 Å². The molecule has 0 unspecified atom stereocenters. The van der Waals surface area contributed by atoms with Gasteiger partial charge in [0.1, 0.15) is 12.1 Å². The van der Waals surface area contributed by atoms with E-state index >= 15 is 0 Å². The van der Waals surface area contributed by atoms with Crippen LogP contribution in [-0.4, -0.2) is 9.55 Å². The van der Waals surface area contributed by atoms with E-state index in [4.69, 9.17) is 5.73 Å². The quantitative estimate of drug-likeness (QED) is 0.774. The Hall–Kier alpha value is -2.20. The zero-order chi connectivity index (χ0) is 14.3. The zero-order valence-corrected chi connectivity index (χ0v) is 11.5. The lowest BCUT2D eigenvalue weighted by molar-refractivity contribution is 0.612. The molecule has 1 aromatic heterocycles. The smallest absolute Gasteiger partial charge is 0.126 e. The SMILES string of the molecule is Cc1cc(-n2cnc3ccccc32)c([C@H](C)N)cc1F. The summed E-state index contributed by atoms with van der Waals surface area (Å²) in [7, 11) is 0. The molecule has 2 aromatic carbocycles. The van der Waals surface area contributed by atoms with E-state index in [1.807, 2.05) is 41.8 Å². The number of nitrogens with two attached hydrogens (primary N) is 1. The Balaban J connectivity index is 2.31. The van der Waals surface area contributed by atoms with Gasteiger partial charge in [0.2, 0.25) is 0 Å². The third kappa shape index (κ3) is 1.98. The molecule has 3 aromatic rings. The third-order valence-corrected chi connectivity index (χ3v) is 3.51. The Labute approximate surface area is 116 Å². The molecule has 0 radical (unpaired) electrons. The Kier molecular flexibility index (Phi) is 3.03. The largest absolute Gasteiger partial charge is 0.324 e. The maximum absolute atomic E-state index is 13.8. The summed E-state index contributed by atoms with van der Waals surface area (Å²) in [6.07, 6.45) is 1.75. The van der Waals surface area contributed by atoms with E-state index in [9.17, 15) is 4.39 Å². The predicted molar refractivity (Wildman–Crippen MR) is 78.4 cm³/mol. The topological polar surface area (TPSA) is 43.8 Å². The molecule has 2 N–H and O–H groups in total. The van der Waals surface area contributed by atoms with E-state index in [0.29, 0.717) is 5.56 Å². The number of aryl methyl sites for hydroxylation is 1. The molecule has 0 saturated carbocycles. The first-order valence-electron chi connectivity index (χ1n) is 6.56. The molecule has 1 atom stereocenters. The molecule has 0 fully saturated rings. The summed E-state index contributed by atoms with van der Waals surface area (Å²) in [4.78, 5) is 4.38. The minimum atomic E-state index is -0.249. The van der Waals surface area contributed by atoms with Gasteiger partial charge in [-0.2, -0.15) is 0 Å². The summed E-state index contributed by atoms with van der Waals surface area (Å²) in [5.74, 6) is -0.231. The van der Waals surface area contributed by atoms with Crippen LogP contribution in [0.1, 0.15) is 24.1 Å². The number of fused-ring (bicyclic) bond motifs is 1. The minimum absolute atomic E-state index is 0.231. The van der Waals surface area contributed by atoms with Gasteiger partial charge in [-0.15, -0.1) is 0 Å². The molecule has 20 heavy (non-hydrogen) atoms. The van der Waals surface area contributed by atoms with Gasteiger partial charge in [-0.1, -0.05) is 12.1 Å². The summed E-state index contributed by atoms with van der Waals surface area (Å²) in [5, 5.41) is 0. The van der Waals surface area contributed by atoms with E-state index in [2.05, 4.69) is 4.98 Å². The van der Waals surface area contributed by atoms with Gasteiger partial charge in [0.05, 0.1) is 16.7 Å². The van der Waals surface area contributed by atoms with Crippen molar-refractivity contribution in [3.05, 3.63) is 59.7 Å². The van der Waals surface area contributed by atoms with Crippen LogP contribution < -0.4 is 5.73 Å². The normalized spacial score (nSPS) is 12.8. The second kappa shape index (κ2) is 4.72. The zero-order valence-electron chi connectivity index (χ0n) is 11.5. The molecule has 3 nitrogen and oxygen atoms in total. The number of benzene rings is 2. The molecule has 0 aliphatic heterocycles. The first-order chi connectivity index (χ1) is 9.58. The number of hydrogen-bond donors (Lipinski definition) is 1. The standard InChI is InChI=1S/C16H16FN3/c1-10-7-16(12(11(2)18)8-13(10)17)20-9-19-14-5-3-4-6-15(14)20/h3-9,11H,18H2,1-2H3/t11-/m0/s1. The third-order valence-electron chi connectivity index (χ3n) is 3.51. The molecule has 0 saturated heterocycles. The maximum atomic E-state index is 13.8. The molecule has 1 heterocycles. The van der Waals surface area contributed by atoms with Crippen molar-refractivity contribution in [3.8, 4) is 5.69 Å². The van der Waals surface area contributed by atoms with Crippen LogP contribution in [0.15, 0.2) is 42.7 Å². The number of para-hydroxylation sites is 2. The molecule has 102 valence electrons. The lowest BCUT2D eigenvalue weighted by Gasteiger charge is -2.15. The minimum Gasteiger partial charge on any atom is -0.324 e. The summed E-state index contributed by atoms with van der Waals surface area (Å²) in [6, 6.07) is 10.9. The lowest BCUT2D eigenvalue weighted by Crippen LogP contribution is -2.10. The van der Waals surface area contributed by atoms with Crippen molar-refractivity contribution >= 4 is 11.0 Å². The molecule has 0 bridgehead atoms. The Bertz CT molecular complexity index is 774. The van der Waals surface area contributed by atoms with Gasteiger partial charge in [-0.3, -0.25) is 4.57 Å². The van der Waals surface area contributed by atoms with Crippen molar-refractivity contribution in [2.75, 3.05) is 0 Å². The van der Waals surface area contributed by atoms with Gasteiger partial charge >= 0.3 is 0 Å². The highest BCUT2D eigenvalue weighted by Crippen LogP contribution is 2.26. The molecule has 4 heteroatoms. The second-order valence-corrected chi connectivity index (χ2v) is 5.05. The van der Waals surface area contributed by atoms with Crippen molar-refractivity contribution in [3.63, 3.8) is 0 Å². The van der Waals surface area contributed by atoms with Crippen LogP contribution in [0.25, 0.3) is 16.7 Å². The molecule has 3 rings (SSSR count). The highest BCUT2D eigenvalue weighted by atomic mass is 19.1. The van der Waals surface area contributed by atoms with Crippen molar-refractivity contribution in [1.29, 1.82) is 0 Å². The van der Waals surface area contributed by atoms with Crippen LogP contribution in [0.5, 0.6) is 0 Å². The molecule has 0 aliphatic rings. The lowest BCUT2D eigenvalue weighted by atomic mass is 10.0. The van der Waals surface area contributed by atoms with Crippen molar-refractivity contribution in [2.45, 2.75) is 19.9 Å². The van der Waals surface area contributed by atoms with Crippen molar-refractivity contribution < 1.29 is 4.39 Å². The van der Waals surface area contributed by atoms with Gasteiger partial charge in [0, 0.05) is 6.04 Å². The van der Waals surface area contributed by atoms with Crippen molar-refractivity contribution in [1.82, 2.24) is 9.55 Å². The number of hydrogen-bond acceptors (Lipinski definition) is 2. The van der Waals surface area contributed by atoms with Crippen LogP contribution in [0.2, 0.25) is 0 Å². The fourth-order valence-corrected chi connectivity index (χ4v) is 2.41. The van der Waals surface area contributed by atoms with E-state index in [0.717, 1.165) is 22.3 Å². The van der Waals surface area contributed by atoms with Gasteiger partial charge in [0.15, 0.2) is 0 Å². The van der Waals surface area contributed by atoms with Crippen LogP contribution >= 0.6 is 0 Å². The van der Waals surface area contributed by atoms with Crippen LogP contribution in [-0.2, 0) is 0 Å². The van der Waals surface area contributed by atoms with Crippen LogP contribution in [0.3, 0.4) is 0 Å². The Morgan fingerprint density at radius 1 is 1.25 bits per heavy atom. The van der Waals surface area contributed by atoms with Gasteiger partial charge in [-0.05, 0) is 49.2 Å². The number of rotatable bonds is 2. The monoisotopic (exact) mass is 269 g/mol. The second-order valence-electron chi connectivity index (χ2n) is 5.05. The molecule has 0 amide bonds. The number of aromatic nitrogens is 2. The fraction of sp³-hybridized carbons (Fsp3) is 0.188. The van der Waals surface area contributed by atoms with Gasteiger partial charge < -0.3 is 5.73 Å². The van der Waals surface area contributed by atoms with Crippen molar-refractivity contribution in [2.24, 2.45) is 5.73 Å². The molecule has 0 spiro atoms. The van der Waals surface area contributed by atoms with Crippen LogP contribution in [0.4, 0.5) is 4.39 Å². The number of imidazole rings is 1. The van der Waals surface area contributed by atoms with E-state index < -0.39 is 0 Å². The number of halogens is 1. The Morgan fingerprint density at radius 2 is 2.00 bits per heavy atom. The fourth-order valence-electron chi connectivity index (χ4n) is 2.41. The number of nitrogens with zero attached hydrogens (tertiary/aromatic N) is 2. The highest BCUT2D eigenvalue weighted by Gasteiger charge is 2.14. The summed E-state index contributed by atoms with van der Waals surface area (Å²) in [6.45, 7) is 3.61. The molecular weight excluding hydrogens is 253 g/mol. The van der Waals surface area contributed by atoms with E-state index in [-0.39, 0.29) is 11.9 Å². The van der Waals surface area contributed by atoms with Crippen LogP contribution in [0, 0.1) is 12.7 Å². The summed E-state index contributed by atoms with van der Waals surface area (Å²) < 4.78 is 15.8. The average molecular weight is 269 g/mol. The summed E-state index contributed by atoms with van der Waals surface area (Å²) >= 11 is 0. The molecular formula is C16H16FN3.